The highest BCUT2D eigenvalue weighted by Gasteiger charge is 2.37. The number of aromatic nitrogens is 4. The molecule has 2 N–H and O–H groups in total. The van der Waals surface area contributed by atoms with Gasteiger partial charge < -0.3 is 15.2 Å². The number of urea groups is 1. The number of nitrogens with zero attached hydrogens (tertiary/aromatic N) is 5. The molecule has 1 aliphatic rings. The summed E-state index contributed by atoms with van der Waals surface area (Å²) in [5.41, 5.74) is 0.887. The summed E-state index contributed by atoms with van der Waals surface area (Å²) in [7, 11) is 1.76. The zero-order valence-electron chi connectivity index (χ0n) is 17.8. The molecule has 0 saturated carbocycles. The van der Waals surface area contributed by atoms with Gasteiger partial charge in [-0.3, -0.25) is 9.69 Å². The first-order chi connectivity index (χ1) is 14.8. The van der Waals surface area contributed by atoms with Gasteiger partial charge in [0.2, 0.25) is 11.9 Å². The Labute approximate surface area is 184 Å². The van der Waals surface area contributed by atoms with E-state index in [1.165, 1.54) is 0 Å². The molecule has 4 rings (SSSR count). The van der Waals surface area contributed by atoms with Crippen molar-refractivity contribution in [2.24, 2.45) is 0 Å². The maximum absolute atomic E-state index is 12.7. The predicted octanol–water partition coefficient (Wildman–Crippen LogP) is 3.50. The normalized spacial score (nSPS) is 17.5. The molecular weight excluding hydrogens is 418 g/mol. The van der Waals surface area contributed by atoms with Crippen molar-refractivity contribution in [1.29, 1.82) is 0 Å². The number of hydrogen-bond acceptors (Lipinski definition) is 6. The summed E-state index contributed by atoms with van der Waals surface area (Å²) in [5, 5.41) is 4.50. The molecule has 2 amide bonds. The Kier molecular flexibility index (Phi) is 5.53. The van der Waals surface area contributed by atoms with E-state index in [2.05, 4.69) is 25.3 Å². The van der Waals surface area contributed by atoms with Gasteiger partial charge in [0, 0.05) is 24.5 Å². The minimum absolute atomic E-state index is 0.00217. The van der Waals surface area contributed by atoms with Crippen LogP contribution in [-0.2, 0) is 0 Å². The van der Waals surface area contributed by atoms with Gasteiger partial charge in [-0.2, -0.15) is 15.0 Å². The number of rotatable bonds is 5. The standard InChI is InChI=1S/C21H24ClN7O2/c1-5-14-10-28(4)21(31)29(14)20-25-12(3)24-19(27-20)23-11(2)15-9-13-7-6-8-16(22)17(13)26-18(15)30/h6-9,11,14H,5,10H2,1-4H3,(H,26,30)(H,23,24,25,27)/t11-,14-/m0/s1. The molecule has 0 unspecified atom stereocenters. The van der Waals surface area contributed by atoms with Crippen molar-refractivity contribution in [1.82, 2.24) is 24.8 Å². The zero-order chi connectivity index (χ0) is 22.3. The summed E-state index contributed by atoms with van der Waals surface area (Å²) >= 11 is 6.19. The molecule has 31 heavy (non-hydrogen) atoms. The van der Waals surface area contributed by atoms with Crippen LogP contribution in [0.1, 0.15) is 37.7 Å². The summed E-state index contributed by atoms with van der Waals surface area (Å²) in [6.45, 7) is 6.24. The molecule has 3 aromatic rings. The van der Waals surface area contributed by atoms with E-state index in [9.17, 15) is 9.59 Å². The van der Waals surface area contributed by atoms with Gasteiger partial charge in [-0.05, 0) is 32.4 Å². The van der Waals surface area contributed by atoms with Crippen molar-refractivity contribution in [2.75, 3.05) is 23.8 Å². The molecule has 0 aliphatic carbocycles. The highest BCUT2D eigenvalue weighted by Crippen LogP contribution is 2.25. The number of benzene rings is 1. The van der Waals surface area contributed by atoms with Gasteiger partial charge in [-0.15, -0.1) is 0 Å². The molecule has 1 saturated heterocycles. The third-order valence-corrected chi connectivity index (χ3v) is 5.79. The molecule has 2 atom stereocenters. The average Bonchev–Trinajstić information content (AvgIpc) is 3.01. The van der Waals surface area contributed by atoms with Crippen LogP contribution < -0.4 is 15.8 Å². The van der Waals surface area contributed by atoms with E-state index in [0.717, 1.165) is 11.8 Å². The SMILES string of the molecule is CC[C@H]1CN(C)C(=O)N1c1nc(C)nc(N[C@@H](C)c2cc3cccc(Cl)c3[nH]c2=O)n1. The molecule has 162 valence electrons. The lowest BCUT2D eigenvalue weighted by atomic mass is 10.1. The Bertz CT molecular complexity index is 1210. The number of amides is 2. The molecule has 1 aliphatic heterocycles. The van der Waals surface area contributed by atoms with Crippen LogP contribution >= 0.6 is 11.6 Å². The number of H-pyrrole nitrogens is 1. The number of carbonyl (C=O) groups is 1. The topological polar surface area (TPSA) is 107 Å². The second kappa shape index (κ2) is 8.14. The first kappa shape index (κ1) is 21.0. The molecule has 10 heteroatoms. The van der Waals surface area contributed by atoms with Crippen molar-refractivity contribution < 1.29 is 4.79 Å². The van der Waals surface area contributed by atoms with Gasteiger partial charge in [0.1, 0.15) is 5.82 Å². The molecule has 2 aromatic heterocycles. The van der Waals surface area contributed by atoms with Crippen LogP contribution in [0.5, 0.6) is 0 Å². The van der Waals surface area contributed by atoms with E-state index in [4.69, 9.17) is 11.6 Å². The van der Waals surface area contributed by atoms with Crippen LogP contribution in [-0.4, -0.2) is 50.5 Å². The number of fused-ring (bicyclic) bond motifs is 1. The number of hydrogen-bond donors (Lipinski definition) is 2. The van der Waals surface area contributed by atoms with Crippen molar-refractivity contribution in [3.05, 3.63) is 51.0 Å². The zero-order valence-corrected chi connectivity index (χ0v) is 18.6. The fourth-order valence-corrected chi connectivity index (χ4v) is 4.05. The van der Waals surface area contributed by atoms with E-state index in [-0.39, 0.29) is 23.7 Å². The second-order valence-electron chi connectivity index (χ2n) is 7.73. The maximum Gasteiger partial charge on any atom is 0.327 e. The molecule has 0 bridgehead atoms. The fraction of sp³-hybridized carbons (Fsp3) is 0.381. The number of likely N-dealkylation sites (N-methyl/N-ethyl adjacent to an activating group) is 1. The van der Waals surface area contributed by atoms with E-state index >= 15 is 0 Å². The Morgan fingerprint density at radius 2 is 2.06 bits per heavy atom. The van der Waals surface area contributed by atoms with Crippen molar-refractivity contribution in [3.63, 3.8) is 0 Å². The minimum Gasteiger partial charge on any atom is -0.347 e. The van der Waals surface area contributed by atoms with E-state index in [0.29, 0.717) is 40.4 Å². The number of anilines is 2. The smallest absolute Gasteiger partial charge is 0.327 e. The van der Waals surface area contributed by atoms with Gasteiger partial charge >= 0.3 is 6.03 Å². The quantitative estimate of drug-likeness (QED) is 0.627. The molecule has 0 spiro atoms. The van der Waals surface area contributed by atoms with E-state index < -0.39 is 0 Å². The van der Waals surface area contributed by atoms with Crippen LogP contribution in [0, 0.1) is 6.92 Å². The number of pyridine rings is 1. The van der Waals surface area contributed by atoms with E-state index in [1.54, 1.807) is 35.9 Å². The number of nitrogens with one attached hydrogen (secondary N) is 2. The number of para-hydroxylation sites is 1. The van der Waals surface area contributed by atoms with Gasteiger partial charge in [0.15, 0.2) is 0 Å². The third kappa shape index (κ3) is 3.93. The number of aryl methyl sites for hydroxylation is 1. The Morgan fingerprint density at radius 1 is 1.29 bits per heavy atom. The van der Waals surface area contributed by atoms with Crippen LogP contribution in [0.25, 0.3) is 10.9 Å². The summed E-state index contributed by atoms with van der Waals surface area (Å²) in [6, 6.07) is 6.73. The lowest BCUT2D eigenvalue weighted by Gasteiger charge is -2.21. The Morgan fingerprint density at radius 3 is 2.81 bits per heavy atom. The first-order valence-electron chi connectivity index (χ1n) is 10.1. The summed E-state index contributed by atoms with van der Waals surface area (Å²) in [5.74, 6) is 1.09. The maximum atomic E-state index is 12.7. The highest BCUT2D eigenvalue weighted by molar-refractivity contribution is 6.35. The van der Waals surface area contributed by atoms with Crippen LogP contribution in [0.4, 0.5) is 16.7 Å². The van der Waals surface area contributed by atoms with Crippen molar-refractivity contribution >= 4 is 40.4 Å². The summed E-state index contributed by atoms with van der Waals surface area (Å²) in [6.07, 6.45) is 0.787. The van der Waals surface area contributed by atoms with Gasteiger partial charge in [0.25, 0.3) is 5.56 Å². The molecule has 1 aromatic carbocycles. The Balaban J connectivity index is 1.66. The summed E-state index contributed by atoms with van der Waals surface area (Å²) in [4.78, 5) is 44.6. The molecular formula is C21H24ClN7O2. The van der Waals surface area contributed by atoms with Crippen LogP contribution in [0.3, 0.4) is 0 Å². The monoisotopic (exact) mass is 441 g/mol. The Hall–Kier alpha value is -3.20. The largest absolute Gasteiger partial charge is 0.347 e. The van der Waals surface area contributed by atoms with Gasteiger partial charge in [0.05, 0.1) is 22.6 Å². The predicted molar refractivity (Wildman–Crippen MR) is 121 cm³/mol. The first-order valence-corrected chi connectivity index (χ1v) is 10.5. The third-order valence-electron chi connectivity index (χ3n) is 5.47. The van der Waals surface area contributed by atoms with Crippen molar-refractivity contribution in [3.8, 4) is 0 Å². The molecule has 9 nitrogen and oxygen atoms in total. The molecule has 3 heterocycles. The van der Waals surface area contributed by atoms with E-state index in [1.807, 2.05) is 26.0 Å². The highest BCUT2D eigenvalue weighted by atomic mass is 35.5. The van der Waals surface area contributed by atoms with Crippen LogP contribution in [0.2, 0.25) is 5.02 Å². The van der Waals surface area contributed by atoms with Crippen LogP contribution in [0.15, 0.2) is 29.1 Å². The fourth-order valence-electron chi connectivity index (χ4n) is 3.82. The average molecular weight is 442 g/mol. The molecule has 0 radical (unpaired) electrons. The summed E-state index contributed by atoms with van der Waals surface area (Å²) < 4.78 is 0. The number of halogens is 1. The number of carbonyl (C=O) groups excluding carboxylic acids is 1. The number of aromatic amines is 1. The molecule has 1 fully saturated rings. The minimum atomic E-state index is -0.388. The van der Waals surface area contributed by atoms with Gasteiger partial charge in [-0.25, -0.2) is 4.79 Å². The second-order valence-corrected chi connectivity index (χ2v) is 8.13. The van der Waals surface area contributed by atoms with Gasteiger partial charge in [-0.1, -0.05) is 30.7 Å². The lowest BCUT2D eigenvalue weighted by molar-refractivity contribution is 0.229. The lowest BCUT2D eigenvalue weighted by Crippen LogP contribution is -2.36. The van der Waals surface area contributed by atoms with Crippen molar-refractivity contribution in [2.45, 2.75) is 39.3 Å².